The van der Waals surface area contributed by atoms with Crippen LogP contribution in [0.5, 0.6) is 0 Å². The Morgan fingerprint density at radius 1 is 0.947 bits per heavy atom. The maximum absolute atomic E-state index is 6.63. The lowest BCUT2D eigenvalue weighted by Crippen LogP contribution is -1.98. The highest BCUT2D eigenvalue weighted by atomic mass is 79.9. The van der Waals surface area contributed by atoms with Crippen LogP contribution in [0, 0.1) is 20.8 Å². The fourth-order valence-electron chi connectivity index (χ4n) is 2.17. The zero-order valence-electron chi connectivity index (χ0n) is 11.1. The lowest BCUT2D eigenvalue weighted by molar-refractivity contribution is 1.09. The predicted molar refractivity (Wildman–Crippen MR) is 87.5 cm³/mol. The van der Waals surface area contributed by atoms with Crippen molar-refractivity contribution in [2.45, 2.75) is 26.1 Å². The summed E-state index contributed by atoms with van der Waals surface area (Å²) in [6.45, 7) is 6.17. The fraction of sp³-hybridized carbons (Fsp3) is 0.250. The van der Waals surface area contributed by atoms with E-state index in [-0.39, 0.29) is 5.38 Å². The summed E-state index contributed by atoms with van der Waals surface area (Å²) in [5, 5.41) is 0.552. The van der Waals surface area contributed by atoms with Gasteiger partial charge in [-0.15, -0.1) is 11.6 Å². The van der Waals surface area contributed by atoms with Crippen molar-refractivity contribution in [1.29, 1.82) is 0 Å². The Kier molecular flexibility index (Phi) is 4.60. The van der Waals surface area contributed by atoms with E-state index in [0.717, 1.165) is 26.2 Å². The highest BCUT2D eigenvalue weighted by Crippen LogP contribution is 2.35. The van der Waals surface area contributed by atoms with E-state index < -0.39 is 0 Å². The molecule has 0 heterocycles. The van der Waals surface area contributed by atoms with Crippen LogP contribution < -0.4 is 0 Å². The molecule has 0 spiro atoms. The van der Waals surface area contributed by atoms with Crippen molar-refractivity contribution in [3.63, 3.8) is 0 Å². The van der Waals surface area contributed by atoms with Crippen molar-refractivity contribution in [2.24, 2.45) is 0 Å². The number of hydrogen-bond donors (Lipinski definition) is 0. The molecule has 2 aromatic rings. The molecule has 0 nitrogen and oxygen atoms in total. The first-order chi connectivity index (χ1) is 8.88. The molecule has 0 amide bonds. The molecule has 2 aromatic carbocycles. The van der Waals surface area contributed by atoms with Crippen molar-refractivity contribution in [3.8, 4) is 0 Å². The van der Waals surface area contributed by atoms with E-state index in [1.807, 2.05) is 19.1 Å². The van der Waals surface area contributed by atoms with Gasteiger partial charge in [-0.2, -0.15) is 0 Å². The van der Waals surface area contributed by atoms with Gasteiger partial charge >= 0.3 is 0 Å². The molecular formula is C16H15BrCl2. The van der Waals surface area contributed by atoms with Crippen molar-refractivity contribution >= 4 is 39.1 Å². The van der Waals surface area contributed by atoms with Gasteiger partial charge in [-0.05, 0) is 66.8 Å². The molecular weight excluding hydrogens is 343 g/mol. The van der Waals surface area contributed by atoms with Crippen LogP contribution in [0.2, 0.25) is 5.02 Å². The van der Waals surface area contributed by atoms with Gasteiger partial charge in [0.25, 0.3) is 0 Å². The van der Waals surface area contributed by atoms with Gasteiger partial charge in [-0.3, -0.25) is 0 Å². The van der Waals surface area contributed by atoms with Crippen molar-refractivity contribution in [1.82, 2.24) is 0 Å². The summed E-state index contributed by atoms with van der Waals surface area (Å²) in [6.07, 6.45) is 0. The van der Waals surface area contributed by atoms with Gasteiger partial charge in [0.15, 0.2) is 0 Å². The summed E-state index contributed by atoms with van der Waals surface area (Å²) in [6, 6.07) is 10.2. The SMILES string of the molecule is Cc1cc(Cl)cc(C(Cl)c2cc(C)c(Br)cc2C)c1. The third-order valence-electron chi connectivity index (χ3n) is 3.18. The minimum absolute atomic E-state index is 0.177. The number of alkyl halides is 1. The molecule has 1 atom stereocenters. The van der Waals surface area contributed by atoms with Gasteiger partial charge < -0.3 is 0 Å². The average Bonchev–Trinajstić information content (AvgIpc) is 2.31. The van der Waals surface area contributed by atoms with Gasteiger partial charge in [0.1, 0.15) is 0 Å². The quantitative estimate of drug-likeness (QED) is 0.549. The second kappa shape index (κ2) is 5.87. The van der Waals surface area contributed by atoms with E-state index in [1.54, 1.807) is 0 Å². The smallest absolute Gasteiger partial charge is 0.0838 e. The van der Waals surface area contributed by atoms with E-state index in [2.05, 4.69) is 48.0 Å². The Morgan fingerprint density at radius 2 is 1.63 bits per heavy atom. The summed E-state index contributed by atoms with van der Waals surface area (Å²) < 4.78 is 1.11. The minimum Gasteiger partial charge on any atom is -0.113 e. The Morgan fingerprint density at radius 3 is 2.26 bits per heavy atom. The van der Waals surface area contributed by atoms with E-state index in [0.29, 0.717) is 0 Å². The highest BCUT2D eigenvalue weighted by Gasteiger charge is 2.15. The molecule has 0 saturated carbocycles. The Balaban J connectivity index is 2.49. The fourth-order valence-corrected chi connectivity index (χ4v) is 3.28. The van der Waals surface area contributed by atoms with Gasteiger partial charge in [0.05, 0.1) is 5.38 Å². The molecule has 0 fully saturated rings. The van der Waals surface area contributed by atoms with Crippen LogP contribution in [-0.2, 0) is 0 Å². The number of rotatable bonds is 2. The van der Waals surface area contributed by atoms with Gasteiger partial charge in [0, 0.05) is 9.50 Å². The first-order valence-corrected chi connectivity index (χ1v) is 7.67. The highest BCUT2D eigenvalue weighted by molar-refractivity contribution is 9.10. The molecule has 2 rings (SSSR count). The summed E-state index contributed by atoms with van der Waals surface area (Å²) in [7, 11) is 0. The van der Waals surface area contributed by atoms with E-state index >= 15 is 0 Å². The molecule has 0 N–H and O–H groups in total. The maximum Gasteiger partial charge on any atom is 0.0838 e. The largest absolute Gasteiger partial charge is 0.113 e. The third-order valence-corrected chi connectivity index (χ3v) is 4.74. The van der Waals surface area contributed by atoms with E-state index in [9.17, 15) is 0 Å². The van der Waals surface area contributed by atoms with E-state index in [1.165, 1.54) is 11.1 Å². The molecule has 0 aliphatic heterocycles. The first kappa shape index (κ1) is 14.9. The van der Waals surface area contributed by atoms with Crippen LogP contribution in [0.25, 0.3) is 0 Å². The number of aryl methyl sites for hydroxylation is 3. The summed E-state index contributed by atoms with van der Waals surface area (Å²) in [5.41, 5.74) is 5.65. The van der Waals surface area contributed by atoms with Crippen molar-refractivity contribution in [2.75, 3.05) is 0 Å². The Bertz CT molecular complexity index is 600. The van der Waals surface area contributed by atoms with Gasteiger partial charge in [-0.1, -0.05) is 39.7 Å². The zero-order chi connectivity index (χ0) is 14.2. The van der Waals surface area contributed by atoms with Crippen LogP contribution in [0.1, 0.15) is 33.2 Å². The van der Waals surface area contributed by atoms with Gasteiger partial charge in [-0.25, -0.2) is 0 Å². The lowest BCUT2D eigenvalue weighted by Gasteiger charge is -2.16. The first-order valence-electron chi connectivity index (χ1n) is 6.06. The average molecular weight is 358 g/mol. The number of hydrogen-bond acceptors (Lipinski definition) is 0. The monoisotopic (exact) mass is 356 g/mol. The molecule has 100 valence electrons. The zero-order valence-corrected chi connectivity index (χ0v) is 14.2. The summed E-state index contributed by atoms with van der Waals surface area (Å²) >= 11 is 16.3. The molecule has 0 aliphatic rings. The van der Waals surface area contributed by atoms with Crippen molar-refractivity contribution in [3.05, 3.63) is 67.6 Å². The number of halogens is 3. The molecule has 0 saturated heterocycles. The molecule has 3 heteroatoms. The molecule has 0 aliphatic carbocycles. The lowest BCUT2D eigenvalue weighted by atomic mass is 9.97. The molecule has 19 heavy (non-hydrogen) atoms. The Labute approximate surface area is 132 Å². The third kappa shape index (κ3) is 3.34. The van der Waals surface area contributed by atoms with Crippen molar-refractivity contribution < 1.29 is 0 Å². The van der Waals surface area contributed by atoms with Crippen LogP contribution in [0.15, 0.2) is 34.8 Å². The number of benzene rings is 2. The summed E-state index contributed by atoms with van der Waals surface area (Å²) in [4.78, 5) is 0. The summed E-state index contributed by atoms with van der Waals surface area (Å²) in [5.74, 6) is 0. The molecule has 0 radical (unpaired) electrons. The minimum atomic E-state index is -0.177. The second-order valence-electron chi connectivity index (χ2n) is 4.88. The second-order valence-corrected chi connectivity index (χ2v) is 6.61. The molecule has 0 aromatic heterocycles. The predicted octanol–water partition coefficient (Wildman–Crippen LogP) is 6.36. The van der Waals surface area contributed by atoms with Crippen LogP contribution >= 0.6 is 39.1 Å². The normalized spacial score (nSPS) is 12.5. The van der Waals surface area contributed by atoms with Gasteiger partial charge in [0.2, 0.25) is 0 Å². The topological polar surface area (TPSA) is 0 Å². The molecule has 1 unspecified atom stereocenters. The van der Waals surface area contributed by atoms with Crippen LogP contribution in [-0.4, -0.2) is 0 Å². The maximum atomic E-state index is 6.63. The van der Waals surface area contributed by atoms with Crippen LogP contribution in [0.4, 0.5) is 0 Å². The molecule has 0 bridgehead atoms. The standard InChI is InChI=1S/C16H15BrCl2/c1-9-4-12(8-13(18)5-9)16(19)14-6-11(3)15(17)7-10(14)2/h4-8,16H,1-3H3. The van der Waals surface area contributed by atoms with Crippen LogP contribution in [0.3, 0.4) is 0 Å². The Hall–Kier alpha value is -0.500. The van der Waals surface area contributed by atoms with E-state index in [4.69, 9.17) is 23.2 Å².